The molecule has 0 saturated heterocycles. The van der Waals surface area contributed by atoms with Crippen LogP contribution in [0, 0.1) is 0 Å². The summed E-state index contributed by atoms with van der Waals surface area (Å²) < 4.78 is 4.28. The number of hydrogen-bond donors (Lipinski definition) is 0. The Bertz CT molecular complexity index is 629. The van der Waals surface area contributed by atoms with Crippen molar-refractivity contribution < 1.29 is 4.57 Å². The number of pyridine rings is 1. The van der Waals surface area contributed by atoms with E-state index in [1.165, 1.54) is 5.57 Å². The Morgan fingerprint density at radius 3 is 3.11 bits per heavy atom. The maximum atomic E-state index is 4.32. The van der Waals surface area contributed by atoms with Gasteiger partial charge < -0.3 is 0 Å². The van der Waals surface area contributed by atoms with Gasteiger partial charge in [0.15, 0.2) is 0 Å². The van der Waals surface area contributed by atoms with Crippen molar-refractivity contribution in [3.8, 4) is 0 Å². The smallest absolute Gasteiger partial charge is 0.244 e. The molecule has 2 aromatic rings. The van der Waals surface area contributed by atoms with Crippen LogP contribution < -0.4 is 4.57 Å². The summed E-state index contributed by atoms with van der Waals surface area (Å²) in [6.45, 7) is 1.67. The number of rotatable bonds is 4. The fourth-order valence-electron chi connectivity index (χ4n) is 1.97. The van der Waals surface area contributed by atoms with Gasteiger partial charge in [-0.2, -0.15) is 0 Å². The number of allylic oxidation sites excluding steroid dienone is 3. The van der Waals surface area contributed by atoms with Gasteiger partial charge in [-0.1, -0.05) is 12.1 Å². The Kier molecular flexibility index (Phi) is 2.90. The fraction of sp³-hybridized carbons (Fsp3) is 0.133. The standard InChI is InChI=1S/C15H14N3/c1-2-6-14(5-1)11-17-9-10-18(13-17)12-15-7-3-4-8-16-15/h1-5,7-10,13H,11-12H2/q+1. The van der Waals surface area contributed by atoms with Crippen LogP contribution in [0.4, 0.5) is 0 Å². The number of aromatic nitrogens is 3. The predicted molar refractivity (Wildman–Crippen MR) is 68.7 cm³/mol. The first kappa shape index (κ1) is 10.8. The highest BCUT2D eigenvalue weighted by Gasteiger charge is 2.06. The van der Waals surface area contributed by atoms with E-state index >= 15 is 0 Å². The van der Waals surface area contributed by atoms with Gasteiger partial charge in [-0.05, 0) is 24.3 Å². The summed E-state index contributed by atoms with van der Waals surface area (Å²) in [4.78, 5) is 4.32. The van der Waals surface area contributed by atoms with Crippen molar-refractivity contribution in [1.82, 2.24) is 9.55 Å². The molecule has 0 aliphatic heterocycles. The maximum absolute atomic E-state index is 4.32. The molecular formula is C15H14N3+. The minimum atomic E-state index is 0.804. The first-order valence-corrected chi connectivity index (χ1v) is 5.97. The molecule has 0 atom stereocenters. The molecule has 0 N–H and O–H groups in total. The number of nitrogens with zero attached hydrogens (tertiary/aromatic N) is 3. The highest BCUT2D eigenvalue weighted by molar-refractivity contribution is 5.27. The summed E-state index contributed by atoms with van der Waals surface area (Å²) in [6, 6.07) is 5.98. The summed E-state index contributed by atoms with van der Waals surface area (Å²) in [6.07, 6.45) is 14.1. The molecule has 18 heavy (non-hydrogen) atoms. The highest BCUT2D eigenvalue weighted by Crippen LogP contribution is 2.02. The van der Waals surface area contributed by atoms with Crippen molar-refractivity contribution in [3.05, 3.63) is 78.3 Å². The van der Waals surface area contributed by atoms with E-state index in [0.29, 0.717) is 0 Å². The number of hydrogen-bond acceptors (Lipinski definition) is 1. The molecule has 0 unspecified atom stereocenters. The molecule has 1 aliphatic carbocycles. The molecule has 0 saturated carbocycles. The van der Waals surface area contributed by atoms with Gasteiger partial charge in [-0.15, -0.1) is 5.73 Å². The lowest BCUT2D eigenvalue weighted by Gasteiger charge is -1.96. The Morgan fingerprint density at radius 1 is 1.33 bits per heavy atom. The van der Waals surface area contributed by atoms with Crippen LogP contribution in [0.5, 0.6) is 0 Å². The Labute approximate surface area is 106 Å². The van der Waals surface area contributed by atoms with Crippen LogP contribution in [0.15, 0.2) is 72.6 Å². The summed E-state index contributed by atoms with van der Waals surface area (Å²) in [7, 11) is 0. The van der Waals surface area contributed by atoms with E-state index in [-0.39, 0.29) is 0 Å². The van der Waals surface area contributed by atoms with Crippen molar-refractivity contribution in [3.63, 3.8) is 0 Å². The molecule has 88 valence electrons. The maximum Gasteiger partial charge on any atom is 0.244 e. The number of imidazole rings is 1. The van der Waals surface area contributed by atoms with Gasteiger partial charge >= 0.3 is 0 Å². The third-order valence-corrected chi connectivity index (χ3v) is 2.83. The van der Waals surface area contributed by atoms with Crippen molar-refractivity contribution in [2.24, 2.45) is 0 Å². The average molecular weight is 236 g/mol. The van der Waals surface area contributed by atoms with E-state index in [4.69, 9.17) is 0 Å². The average Bonchev–Trinajstić information content (AvgIpc) is 3.03. The predicted octanol–water partition coefficient (Wildman–Crippen LogP) is 1.87. The first-order chi connectivity index (χ1) is 8.90. The van der Waals surface area contributed by atoms with E-state index in [1.54, 1.807) is 0 Å². The summed E-state index contributed by atoms with van der Waals surface area (Å²) in [5, 5.41) is 0. The third-order valence-electron chi connectivity index (χ3n) is 2.83. The van der Waals surface area contributed by atoms with E-state index < -0.39 is 0 Å². The van der Waals surface area contributed by atoms with Gasteiger partial charge in [-0.3, -0.25) is 4.98 Å². The van der Waals surface area contributed by atoms with Crippen LogP contribution in [-0.2, 0) is 13.1 Å². The summed E-state index contributed by atoms with van der Waals surface area (Å²) in [5.41, 5.74) is 5.48. The molecule has 0 spiro atoms. The summed E-state index contributed by atoms with van der Waals surface area (Å²) >= 11 is 0. The minimum absolute atomic E-state index is 0.804. The molecule has 3 nitrogen and oxygen atoms in total. The first-order valence-electron chi connectivity index (χ1n) is 5.97. The van der Waals surface area contributed by atoms with Gasteiger partial charge in [0, 0.05) is 11.8 Å². The normalized spacial score (nSPS) is 13.0. The molecular weight excluding hydrogens is 222 g/mol. The van der Waals surface area contributed by atoms with Crippen LogP contribution in [0.25, 0.3) is 0 Å². The Morgan fingerprint density at radius 2 is 2.33 bits per heavy atom. The van der Waals surface area contributed by atoms with Crippen LogP contribution in [0.3, 0.4) is 0 Å². The van der Waals surface area contributed by atoms with Crippen molar-refractivity contribution in [2.75, 3.05) is 0 Å². The quantitative estimate of drug-likeness (QED) is 0.586. The zero-order valence-corrected chi connectivity index (χ0v) is 10.0. The van der Waals surface area contributed by atoms with Crippen molar-refractivity contribution in [2.45, 2.75) is 13.1 Å². The van der Waals surface area contributed by atoms with E-state index in [2.05, 4.69) is 44.6 Å². The highest BCUT2D eigenvalue weighted by atomic mass is 15.1. The second-order valence-electron chi connectivity index (χ2n) is 4.27. The summed E-state index contributed by atoms with van der Waals surface area (Å²) in [5.74, 6) is 0. The topological polar surface area (TPSA) is 21.7 Å². The molecule has 0 fully saturated rings. The van der Waals surface area contributed by atoms with Crippen molar-refractivity contribution >= 4 is 0 Å². The van der Waals surface area contributed by atoms with E-state index in [9.17, 15) is 0 Å². The Hall–Kier alpha value is -2.38. The van der Waals surface area contributed by atoms with Crippen molar-refractivity contribution in [1.29, 1.82) is 0 Å². The van der Waals surface area contributed by atoms with Gasteiger partial charge in [0.1, 0.15) is 25.5 Å². The molecule has 2 heterocycles. The zero-order valence-electron chi connectivity index (χ0n) is 10.0. The van der Waals surface area contributed by atoms with Crippen LogP contribution in [-0.4, -0.2) is 9.55 Å². The van der Waals surface area contributed by atoms with Gasteiger partial charge in [-0.25, -0.2) is 9.13 Å². The SMILES string of the molecule is C1=CC=CC=1C[n+]1ccn(Cc2ccccn2)c1. The molecule has 3 rings (SSSR count). The lowest BCUT2D eigenvalue weighted by atomic mass is 10.3. The second-order valence-corrected chi connectivity index (χ2v) is 4.27. The second kappa shape index (κ2) is 4.86. The molecule has 0 bridgehead atoms. The van der Waals surface area contributed by atoms with Crippen LogP contribution in [0.2, 0.25) is 0 Å². The molecule has 0 amide bonds. The van der Waals surface area contributed by atoms with Crippen LogP contribution in [0.1, 0.15) is 5.69 Å². The lowest BCUT2D eigenvalue weighted by molar-refractivity contribution is -0.688. The third kappa shape index (κ3) is 2.47. The monoisotopic (exact) mass is 236 g/mol. The van der Waals surface area contributed by atoms with Gasteiger partial charge in [0.2, 0.25) is 6.33 Å². The molecule has 0 radical (unpaired) electrons. The van der Waals surface area contributed by atoms with Crippen LogP contribution >= 0.6 is 0 Å². The largest absolute Gasteiger partial charge is 0.257 e. The van der Waals surface area contributed by atoms with Gasteiger partial charge in [0.05, 0.1) is 5.69 Å². The minimum Gasteiger partial charge on any atom is -0.257 e. The van der Waals surface area contributed by atoms with E-state index in [0.717, 1.165) is 18.8 Å². The fourth-order valence-corrected chi connectivity index (χ4v) is 1.97. The zero-order chi connectivity index (χ0) is 12.2. The Balaban J connectivity index is 1.70. The molecule has 3 heteroatoms. The lowest BCUT2D eigenvalue weighted by Crippen LogP contribution is -2.31. The van der Waals surface area contributed by atoms with E-state index in [1.807, 2.05) is 36.5 Å². The van der Waals surface area contributed by atoms with Gasteiger partial charge in [0.25, 0.3) is 0 Å². The molecule has 0 aromatic carbocycles. The molecule has 2 aromatic heterocycles. The molecule has 1 aliphatic rings.